The van der Waals surface area contributed by atoms with E-state index >= 15 is 0 Å². The predicted molar refractivity (Wildman–Crippen MR) is 49.6 cm³/mol. The van der Waals surface area contributed by atoms with Crippen molar-refractivity contribution in [3.63, 3.8) is 0 Å². The van der Waals surface area contributed by atoms with Crippen molar-refractivity contribution in [2.45, 2.75) is 32.1 Å². The molecule has 0 aromatic rings. The molecule has 0 atom stereocenters. The fourth-order valence-corrected chi connectivity index (χ4v) is 2.46. The summed E-state index contributed by atoms with van der Waals surface area (Å²) in [4.78, 5) is 13.4. The topological polar surface area (TPSA) is 40.5 Å². The maximum atomic E-state index is 11.2. The highest BCUT2D eigenvalue weighted by Gasteiger charge is 2.43. The molecule has 2 rings (SSSR count). The highest BCUT2D eigenvalue weighted by Crippen LogP contribution is 2.39. The molecule has 0 amide bonds. The number of carbonyl (C=O) groups is 1. The molecule has 1 saturated carbocycles. The van der Waals surface area contributed by atoms with E-state index in [1.807, 2.05) is 0 Å². The molecule has 0 radical (unpaired) electrons. The van der Waals surface area contributed by atoms with Crippen molar-refractivity contribution in [2.75, 3.05) is 19.6 Å². The van der Waals surface area contributed by atoms with Gasteiger partial charge in [0.25, 0.3) is 0 Å². The Morgan fingerprint density at radius 1 is 1.23 bits per heavy atom. The monoisotopic (exact) mass is 183 g/mol. The first-order valence-electron chi connectivity index (χ1n) is 5.19. The summed E-state index contributed by atoms with van der Waals surface area (Å²) in [5, 5.41) is 9.21. The van der Waals surface area contributed by atoms with Gasteiger partial charge in [0.05, 0.1) is 5.41 Å². The van der Waals surface area contributed by atoms with E-state index in [1.165, 1.54) is 6.42 Å². The lowest BCUT2D eigenvalue weighted by atomic mass is 9.85. The van der Waals surface area contributed by atoms with Crippen LogP contribution in [0.2, 0.25) is 0 Å². The zero-order valence-corrected chi connectivity index (χ0v) is 7.96. The Morgan fingerprint density at radius 2 is 1.85 bits per heavy atom. The van der Waals surface area contributed by atoms with Crippen LogP contribution in [0.3, 0.4) is 0 Å². The minimum absolute atomic E-state index is 0.388. The lowest BCUT2D eigenvalue weighted by Crippen LogP contribution is -2.47. The summed E-state index contributed by atoms with van der Waals surface area (Å²) in [6, 6.07) is 0. The molecule has 1 heterocycles. The zero-order valence-electron chi connectivity index (χ0n) is 7.96. The number of nitrogens with zero attached hydrogens (tertiary/aromatic N) is 1. The third-order valence-corrected chi connectivity index (χ3v) is 3.49. The Labute approximate surface area is 78.7 Å². The Balaban J connectivity index is 1.99. The van der Waals surface area contributed by atoms with Crippen molar-refractivity contribution in [3.8, 4) is 0 Å². The highest BCUT2D eigenvalue weighted by molar-refractivity contribution is 5.75. The predicted octanol–water partition coefficient (Wildman–Crippen LogP) is 1.34. The van der Waals surface area contributed by atoms with Crippen molar-refractivity contribution in [1.82, 2.24) is 4.90 Å². The number of aliphatic carboxylic acids is 1. The van der Waals surface area contributed by atoms with Crippen LogP contribution in [0.25, 0.3) is 0 Å². The average molecular weight is 183 g/mol. The molecule has 1 N–H and O–H groups in total. The van der Waals surface area contributed by atoms with E-state index in [4.69, 9.17) is 0 Å². The molecule has 74 valence electrons. The second kappa shape index (κ2) is 3.29. The molecular formula is C10H17NO2. The van der Waals surface area contributed by atoms with E-state index in [0.29, 0.717) is 0 Å². The van der Waals surface area contributed by atoms with E-state index in [2.05, 4.69) is 4.90 Å². The molecule has 2 aliphatic rings. The molecule has 0 spiro atoms. The van der Waals surface area contributed by atoms with Crippen molar-refractivity contribution < 1.29 is 9.90 Å². The first kappa shape index (κ1) is 9.00. The van der Waals surface area contributed by atoms with Gasteiger partial charge in [0.1, 0.15) is 0 Å². The normalized spacial score (nSPS) is 27.1. The molecule has 3 nitrogen and oxygen atoms in total. The molecule has 1 aliphatic heterocycles. The fourth-order valence-electron chi connectivity index (χ4n) is 2.46. The number of likely N-dealkylation sites (tertiary alicyclic amines) is 1. The summed E-state index contributed by atoms with van der Waals surface area (Å²) in [6.07, 6.45) is 5.22. The standard InChI is InChI=1S/C10H17NO2/c12-9(13)10(4-1-2-5-10)8-11-6-3-7-11/h1-8H2,(H,12,13). The van der Waals surface area contributed by atoms with Crippen LogP contribution in [-0.2, 0) is 4.79 Å². The van der Waals surface area contributed by atoms with Crippen LogP contribution < -0.4 is 0 Å². The highest BCUT2D eigenvalue weighted by atomic mass is 16.4. The summed E-state index contributed by atoms with van der Waals surface area (Å²) >= 11 is 0. The third-order valence-electron chi connectivity index (χ3n) is 3.49. The lowest BCUT2D eigenvalue weighted by molar-refractivity contribution is -0.150. The van der Waals surface area contributed by atoms with Gasteiger partial charge in [-0.2, -0.15) is 0 Å². The minimum Gasteiger partial charge on any atom is -0.481 e. The van der Waals surface area contributed by atoms with Crippen molar-refractivity contribution in [3.05, 3.63) is 0 Å². The van der Waals surface area contributed by atoms with Gasteiger partial charge in [-0.25, -0.2) is 0 Å². The second-order valence-electron chi connectivity index (χ2n) is 4.42. The van der Waals surface area contributed by atoms with Gasteiger partial charge in [-0.3, -0.25) is 4.79 Å². The molecule has 2 fully saturated rings. The number of hydrogen-bond donors (Lipinski definition) is 1. The molecule has 0 bridgehead atoms. The number of carboxylic acid groups (broad SMARTS) is 1. The number of carboxylic acids is 1. The first-order valence-corrected chi connectivity index (χ1v) is 5.19. The van der Waals surface area contributed by atoms with E-state index in [0.717, 1.165) is 45.3 Å². The second-order valence-corrected chi connectivity index (χ2v) is 4.42. The molecular weight excluding hydrogens is 166 g/mol. The fraction of sp³-hybridized carbons (Fsp3) is 0.900. The van der Waals surface area contributed by atoms with Gasteiger partial charge in [0, 0.05) is 6.54 Å². The molecule has 13 heavy (non-hydrogen) atoms. The summed E-state index contributed by atoms with van der Waals surface area (Å²) in [5.41, 5.74) is -0.388. The Bertz CT molecular complexity index is 205. The van der Waals surface area contributed by atoms with Gasteiger partial charge in [0.15, 0.2) is 0 Å². The van der Waals surface area contributed by atoms with Crippen LogP contribution in [0, 0.1) is 5.41 Å². The first-order chi connectivity index (χ1) is 6.23. The molecule has 1 aliphatic carbocycles. The maximum Gasteiger partial charge on any atom is 0.310 e. The van der Waals surface area contributed by atoms with Gasteiger partial charge in [-0.1, -0.05) is 12.8 Å². The van der Waals surface area contributed by atoms with Gasteiger partial charge in [-0.05, 0) is 32.4 Å². The van der Waals surface area contributed by atoms with Crippen molar-refractivity contribution >= 4 is 5.97 Å². The number of hydrogen-bond acceptors (Lipinski definition) is 2. The molecule has 0 unspecified atom stereocenters. The summed E-state index contributed by atoms with van der Waals surface area (Å²) < 4.78 is 0. The van der Waals surface area contributed by atoms with Gasteiger partial charge < -0.3 is 10.0 Å². The minimum atomic E-state index is -0.572. The maximum absolute atomic E-state index is 11.2. The summed E-state index contributed by atoms with van der Waals surface area (Å²) in [6.45, 7) is 3.01. The van der Waals surface area contributed by atoms with Crippen LogP contribution in [0.5, 0.6) is 0 Å². The largest absolute Gasteiger partial charge is 0.481 e. The van der Waals surface area contributed by atoms with Crippen LogP contribution in [0.15, 0.2) is 0 Å². The van der Waals surface area contributed by atoms with Crippen LogP contribution in [0.4, 0.5) is 0 Å². The smallest absolute Gasteiger partial charge is 0.310 e. The SMILES string of the molecule is O=C(O)C1(CN2CCC2)CCCC1. The molecule has 3 heteroatoms. The van der Waals surface area contributed by atoms with E-state index in [-0.39, 0.29) is 5.41 Å². The zero-order chi connectivity index (χ0) is 9.31. The van der Waals surface area contributed by atoms with Crippen molar-refractivity contribution in [2.24, 2.45) is 5.41 Å². The summed E-state index contributed by atoms with van der Waals surface area (Å²) in [5.74, 6) is -0.572. The Hall–Kier alpha value is -0.570. The Kier molecular flexibility index (Phi) is 2.28. The average Bonchev–Trinajstić information content (AvgIpc) is 2.46. The molecule has 0 aromatic heterocycles. The van der Waals surface area contributed by atoms with Gasteiger partial charge in [0.2, 0.25) is 0 Å². The van der Waals surface area contributed by atoms with Crippen LogP contribution in [-0.4, -0.2) is 35.6 Å². The summed E-state index contributed by atoms with van der Waals surface area (Å²) in [7, 11) is 0. The quantitative estimate of drug-likeness (QED) is 0.717. The van der Waals surface area contributed by atoms with Crippen molar-refractivity contribution in [1.29, 1.82) is 0 Å². The lowest BCUT2D eigenvalue weighted by Gasteiger charge is -2.37. The number of rotatable bonds is 3. The molecule has 0 aromatic carbocycles. The van der Waals surface area contributed by atoms with Crippen LogP contribution >= 0.6 is 0 Å². The van der Waals surface area contributed by atoms with Crippen LogP contribution in [0.1, 0.15) is 32.1 Å². The Morgan fingerprint density at radius 3 is 2.23 bits per heavy atom. The van der Waals surface area contributed by atoms with E-state index in [9.17, 15) is 9.90 Å². The van der Waals surface area contributed by atoms with Gasteiger partial charge >= 0.3 is 5.97 Å². The molecule has 1 saturated heterocycles. The third kappa shape index (κ3) is 1.57. The van der Waals surface area contributed by atoms with E-state index < -0.39 is 5.97 Å². The van der Waals surface area contributed by atoms with E-state index in [1.54, 1.807) is 0 Å². The van der Waals surface area contributed by atoms with Gasteiger partial charge in [-0.15, -0.1) is 0 Å².